The number of carbonyl (C=O) groups is 3. The van der Waals surface area contributed by atoms with Gasteiger partial charge in [0.1, 0.15) is 10.6 Å². The Hall–Kier alpha value is -2.09. The second-order valence-electron chi connectivity index (χ2n) is 9.17. The lowest BCUT2D eigenvalue weighted by molar-refractivity contribution is -0.121. The van der Waals surface area contributed by atoms with Gasteiger partial charge >= 0.3 is 6.09 Å². The summed E-state index contributed by atoms with van der Waals surface area (Å²) < 4.78 is 5.44. The maximum atomic E-state index is 12.9. The normalized spacial score (nSPS) is 22.0. The molecule has 8 heteroatoms. The zero-order valence-corrected chi connectivity index (χ0v) is 18.5. The molecule has 160 valence electrons. The van der Waals surface area contributed by atoms with Gasteiger partial charge < -0.3 is 20.7 Å². The highest BCUT2D eigenvalue weighted by molar-refractivity contribution is 7.17. The van der Waals surface area contributed by atoms with E-state index in [2.05, 4.69) is 12.2 Å². The zero-order valence-electron chi connectivity index (χ0n) is 17.7. The molecule has 1 aromatic rings. The summed E-state index contributed by atoms with van der Waals surface area (Å²) in [7, 11) is 0. The van der Waals surface area contributed by atoms with Crippen LogP contribution in [0.2, 0.25) is 0 Å². The Labute approximate surface area is 176 Å². The molecule has 1 saturated heterocycles. The molecule has 1 aliphatic heterocycles. The zero-order chi connectivity index (χ0) is 21.3. The smallest absolute Gasteiger partial charge is 0.410 e. The first-order valence-corrected chi connectivity index (χ1v) is 11.1. The number of thiophene rings is 1. The molecule has 2 heterocycles. The van der Waals surface area contributed by atoms with E-state index in [0.717, 1.165) is 36.1 Å². The minimum absolute atomic E-state index is 0.174. The third-order valence-electron chi connectivity index (χ3n) is 5.44. The minimum Gasteiger partial charge on any atom is -0.444 e. The van der Waals surface area contributed by atoms with Crippen molar-refractivity contribution in [1.82, 2.24) is 4.90 Å². The summed E-state index contributed by atoms with van der Waals surface area (Å²) in [4.78, 5) is 40.1. The number of hydrogen-bond acceptors (Lipinski definition) is 5. The van der Waals surface area contributed by atoms with E-state index in [1.807, 2.05) is 20.8 Å². The average Bonchev–Trinajstić information content (AvgIpc) is 2.97. The van der Waals surface area contributed by atoms with Crippen LogP contribution in [0.3, 0.4) is 0 Å². The Kier molecular flexibility index (Phi) is 6.22. The van der Waals surface area contributed by atoms with Gasteiger partial charge in [0, 0.05) is 18.0 Å². The lowest BCUT2D eigenvalue weighted by atomic mass is 9.88. The Morgan fingerprint density at radius 2 is 1.97 bits per heavy atom. The third-order valence-corrected chi connectivity index (χ3v) is 6.61. The van der Waals surface area contributed by atoms with Crippen molar-refractivity contribution in [1.29, 1.82) is 0 Å². The second kappa shape index (κ2) is 8.34. The summed E-state index contributed by atoms with van der Waals surface area (Å²) >= 11 is 1.46. The van der Waals surface area contributed by atoms with Gasteiger partial charge in [-0.15, -0.1) is 11.3 Å². The maximum Gasteiger partial charge on any atom is 0.410 e. The van der Waals surface area contributed by atoms with Crippen molar-refractivity contribution < 1.29 is 19.1 Å². The topological polar surface area (TPSA) is 102 Å². The van der Waals surface area contributed by atoms with Gasteiger partial charge in [-0.25, -0.2) is 4.79 Å². The maximum absolute atomic E-state index is 12.9. The molecule has 1 fully saturated rings. The quantitative estimate of drug-likeness (QED) is 0.779. The number of piperidine rings is 1. The van der Waals surface area contributed by atoms with E-state index in [1.165, 1.54) is 11.3 Å². The van der Waals surface area contributed by atoms with Crippen molar-refractivity contribution in [2.45, 2.75) is 65.4 Å². The Morgan fingerprint density at radius 3 is 2.62 bits per heavy atom. The molecule has 3 rings (SSSR count). The number of carbonyl (C=O) groups excluding carboxylic acids is 3. The number of nitrogens with one attached hydrogen (secondary N) is 1. The second-order valence-corrected chi connectivity index (χ2v) is 10.3. The molecule has 0 spiro atoms. The van der Waals surface area contributed by atoms with E-state index in [4.69, 9.17) is 10.5 Å². The number of nitrogens with zero attached hydrogens (tertiary/aromatic N) is 1. The van der Waals surface area contributed by atoms with Gasteiger partial charge in [-0.05, 0) is 64.4 Å². The molecule has 2 atom stereocenters. The summed E-state index contributed by atoms with van der Waals surface area (Å²) in [6.07, 6.45) is 3.78. The first-order valence-electron chi connectivity index (χ1n) is 10.3. The molecular formula is C21H31N3O4S. The van der Waals surface area contributed by atoms with Crippen molar-refractivity contribution in [2.24, 2.45) is 17.6 Å². The van der Waals surface area contributed by atoms with Gasteiger partial charge in [0.15, 0.2) is 0 Å². The van der Waals surface area contributed by atoms with Crippen LogP contribution in [0.5, 0.6) is 0 Å². The predicted molar refractivity (Wildman–Crippen MR) is 113 cm³/mol. The fraction of sp³-hybridized carbons (Fsp3) is 0.667. The summed E-state index contributed by atoms with van der Waals surface area (Å²) in [5.74, 6) is -0.444. The molecule has 1 aromatic heterocycles. The van der Waals surface area contributed by atoms with Crippen molar-refractivity contribution in [3.05, 3.63) is 16.0 Å². The van der Waals surface area contributed by atoms with Crippen LogP contribution in [0, 0.1) is 11.8 Å². The molecule has 0 saturated carbocycles. The van der Waals surface area contributed by atoms with Crippen molar-refractivity contribution in [3.8, 4) is 0 Å². The van der Waals surface area contributed by atoms with E-state index < -0.39 is 17.6 Å². The van der Waals surface area contributed by atoms with Crippen LogP contribution in [0.4, 0.5) is 9.80 Å². The summed E-state index contributed by atoms with van der Waals surface area (Å²) in [5, 5.41) is 3.49. The average molecular weight is 422 g/mol. The number of fused-ring (bicyclic) bond motifs is 1. The number of primary amides is 1. The van der Waals surface area contributed by atoms with Crippen LogP contribution in [-0.2, 0) is 22.4 Å². The first-order chi connectivity index (χ1) is 13.5. The van der Waals surface area contributed by atoms with Gasteiger partial charge in [0.25, 0.3) is 5.91 Å². The third kappa shape index (κ3) is 5.10. The summed E-state index contributed by atoms with van der Waals surface area (Å²) in [5.41, 5.74) is 6.52. The molecule has 0 aromatic carbocycles. The van der Waals surface area contributed by atoms with E-state index in [0.29, 0.717) is 36.0 Å². The first kappa shape index (κ1) is 21.6. The van der Waals surface area contributed by atoms with E-state index >= 15 is 0 Å². The number of amides is 3. The van der Waals surface area contributed by atoms with Crippen LogP contribution >= 0.6 is 11.3 Å². The van der Waals surface area contributed by atoms with Crippen LogP contribution in [0.25, 0.3) is 0 Å². The fourth-order valence-electron chi connectivity index (χ4n) is 4.00. The number of anilines is 1. The highest BCUT2D eigenvalue weighted by Gasteiger charge is 2.33. The molecule has 0 bridgehead atoms. The van der Waals surface area contributed by atoms with Gasteiger partial charge in [0.2, 0.25) is 5.91 Å². The SMILES string of the molecule is CC1CCc2c(sc(NC(=O)C3CCCN(C(=O)OC(C)(C)C)C3)c2C(N)=O)C1. The molecule has 3 amide bonds. The predicted octanol–water partition coefficient (Wildman–Crippen LogP) is 3.56. The molecule has 7 nitrogen and oxygen atoms in total. The van der Waals surface area contributed by atoms with Crippen molar-refractivity contribution in [2.75, 3.05) is 18.4 Å². The molecule has 2 unspecified atom stereocenters. The van der Waals surface area contributed by atoms with Crippen molar-refractivity contribution in [3.63, 3.8) is 0 Å². The monoisotopic (exact) mass is 421 g/mol. The van der Waals surface area contributed by atoms with E-state index in [9.17, 15) is 14.4 Å². The lowest BCUT2D eigenvalue weighted by Gasteiger charge is -2.33. The van der Waals surface area contributed by atoms with Crippen molar-refractivity contribution >= 4 is 34.2 Å². The molecule has 29 heavy (non-hydrogen) atoms. The Bertz CT molecular complexity index is 812. The van der Waals surface area contributed by atoms with Gasteiger partial charge in [-0.2, -0.15) is 0 Å². The van der Waals surface area contributed by atoms with Gasteiger partial charge in [-0.1, -0.05) is 6.92 Å². The van der Waals surface area contributed by atoms with E-state index in [-0.39, 0.29) is 11.8 Å². The van der Waals surface area contributed by atoms with Crippen LogP contribution in [-0.4, -0.2) is 41.5 Å². The highest BCUT2D eigenvalue weighted by Crippen LogP contribution is 2.39. The lowest BCUT2D eigenvalue weighted by Crippen LogP contribution is -2.45. The molecule has 1 aliphatic carbocycles. The largest absolute Gasteiger partial charge is 0.444 e. The number of rotatable bonds is 3. The molecule has 0 radical (unpaired) electrons. The van der Waals surface area contributed by atoms with E-state index in [1.54, 1.807) is 4.90 Å². The number of ether oxygens (including phenoxy) is 1. The minimum atomic E-state index is -0.574. The number of hydrogen-bond donors (Lipinski definition) is 2. The Balaban J connectivity index is 1.72. The summed E-state index contributed by atoms with van der Waals surface area (Å²) in [6, 6.07) is 0. The molecule has 3 N–H and O–H groups in total. The number of likely N-dealkylation sites (tertiary alicyclic amines) is 1. The molecule has 2 aliphatic rings. The standard InChI is InChI=1S/C21H31N3O4S/c1-12-7-8-14-15(10-12)29-19(16(14)17(22)25)23-18(26)13-6-5-9-24(11-13)20(27)28-21(2,3)4/h12-13H,5-11H2,1-4H3,(H2,22,25)(H,23,26). The van der Waals surface area contributed by atoms with Crippen LogP contribution in [0.15, 0.2) is 0 Å². The fourth-order valence-corrected chi connectivity index (χ4v) is 5.42. The molecular weight excluding hydrogens is 390 g/mol. The highest BCUT2D eigenvalue weighted by atomic mass is 32.1. The van der Waals surface area contributed by atoms with Gasteiger partial charge in [0.05, 0.1) is 11.5 Å². The summed E-state index contributed by atoms with van der Waals surface area (Å²) in [6.45, 7) is 8.56. The van der Waals surface area contributed by atoms with Crippen LogP contribution in [0.1, 0.15) is 67.8 Å². The van der Waals surface area contributed by atoms with Crippen LogP contribution < -0.4 is 11.1 Å². The van der Waals surface area contributed by atoms with Gasteiger partial charge in [-0.3, -0.25) is 9.59 Å². The number of nitrogens with two attached hydrogens (primary N) is 1. The Morgan fingerprint density at radius 1 is 1.24 bits per heavy atom.